The maximum Gasteiger partial charge on any atom is 0.330 e. The summed E-state index contributed by atoms with van der Waals surface area (Å²) < 4.78 is 0. The summed E-state index contributed by atoms with van der Waals surface area (Å²) >= 11 is 0. The van der Waals surface area contributed by atoms with E-state index in [2.05, 4.69) is 5.32 Å². The maximum absolute atomic E-state index is 12.4. The van der Waals surface area contributed by atoms with Crippen molar-refractivity contribution >= 4 is 17.8 Å². The highest BCUT2D eigenvalue weighted by Gasteiger charge is 2.26. The number of nitrogens with one attached hydrogen (secondary N) is 1. The summed E-state index contributed by atoms with van der Waals surface area (Å²) in [4.78, 5) is 37.7. The largest absolute Gasteiger partial charge is 0.479 e. The predicted octanol–water partition coefficient (Wildman–Crippen LogP) is 2.34. The van der Waals surface area contributed by atoms with Crippen LogP contribution in [0.5, 0.6) is 0 Å². The van der Waals surface area contributed by atoms with Gasteiger partial charge in [-0.15, -0.1) is 0 Å². The van der Waals surface area contributed by atoms with E-state index in [-0.39, 0.29) is 12.5 Å². The van der Waals surface area contributed by atoms with Crippen LogP contribution < -0.4 is 5.32 Å². The second-order valence-corrected chi connectivity index (χ2v) is 6.61. The Balaban J connectivity index is 2.08. The third-order valence-corrected chi connectivity index (χ3v) is 4.77. The van der Waals surface area contributed by atoms with E-state index in [0.29, 0.717) is 18.5 Å². The molecule has 6 nitrogen and oxygen atoms in total. The van der Waals surface area contributed by atoms with Crippen molar-refractivity contribution in [3.63, 3.8) is 0 Å². The number of amides is 2. The molecule has 1 aliphatic rings. The number of aryl methyl sites for hydroxylation is 1. The van der Waals surface area contributed by atoms with Gasteiger partial charge in [-0.05, 0) is 43.4 Å². The summed E-state index contributed by atoms with van der Waals surface area (Å²) in [7, 11) is 0. The van der Waals surface area contributed by atoms with E-state index in [4.69, 9.17) is 0 Å². The molecule has 0 bridgehead atoms. The highest BCUT2D eigenvalue weighted by Crippen LogP contribution is 2.21. The van der Waals surface area contributed by atoms with Crippen LogP contribution in [0.15, 0.2) is 18.2 Å². The Morgan fingerprint density at radius 2 is 1.92 bits per heavy atom. The Hall–Kier alpha value is -2.37. The van der Waals surface area contributed by atoms with E-state index in [1.54, 1.807) is 12.1 Å². The second-order valence-electron chi connectivity index (χ2n) is 6.61. The second kappa shape index (κ2) is 8.65. The number of carboxylic acid groups (broad SMARTS) is 1. The van der Waals surface area contributed by atoms with Crippen molar-refractivity contribution in [3.05, 3.63) is 34.9 Å². The number of nitrogens with zero attached hydrogens (tertiary/aromatic N) is 1. The molecule has 6 heteroatoms. The van der Waals surface area contributed by atoms with E-state index >= 15 is 0 Å². The smallest absolute Gasteiger partial charge is 0.330 e. The monoisotopic (exact) mass is 346 g/mol. The maximum atomic E-state index is 12.4. The average molecular weight is 346 g/mol. The molecule has 1 aromatic carbocycles. The molecular formula is C19H26N2O4. The highest BCUT2D eigenvalue weighted by atomic mass is 16.4. The first kappa shape index (κ1) is 19.0. The van der Waals surface area contributed by atoms with Crippen LogP contribution in [0.3, 0.4) is 0 Å². The van der Waals surface area contributed by atoms with E-state index in [1.165, 1.54) is 4.90 Å². The predicted molar refractivity (Wildman–Crippen MR) is 94.1 cm³/mol. The number of carbonyl (C=O) groups is 3. The zero-order valence-corrected chi connectivity index (χ0v) is 14.9. The first-order valence-electron chi connectivity index (χ1n) is 8.76. The molecule has 136 valence electrons. The fourth-order valence-electron chi connectivity index (χ4n) is 3.12. The molecule has 0 aliphatic carbocycles. The van der Waals surface area contributed by atoms with Crippen LogP contribution in [-0.4, -0.2) is 40.9 Å². The van der Waals surface area contributed by atoms with Crippen molar-refractivity contribution in [1.29, 1.82) is 0 Å². The summed E-state index contributed by atoms with van der Waals surface area (Å²) in [5.74, 6) is -1.59. The van der Waals surface area contributed by atoms with E-state index < -0.39 is 17.9 Å². The van der Waals surface area contributed by atoms with Gasteiger partial charge in [-0.25, -0.2) is 4.79 Å². The van der Waals surface area contributed by atoms with Crippen LogP contribution >= 0.6 is 0 Å². The van der Waals surface area contributed by atoms with E-state index in [0.717, 1.165) is 36.8 Å². The molecule has 0 aromatic heterocycles. The van der Waals surface area contributed by atoms with Crippen LogP contribution in [0.4, 0.5) is 0 Å². The molecule has 0 radical (unpaired) electrons. The number of rotatable bonds is 5. The minimum Gasteiger partial charge on any atom is -0.479 e. The summed E-state index contributed by atoms with van der Waals surface area (Å²) in [6, 6.07) is 4.28. The van der Waals surface area contributed by atoms with Gasteiger partial charge in [0.1, 0.15) is 0 Å². The van der Waals surface area contributed by atoms with Crippen LogP contribution in [0.2, 0.25) is 0 Å². The van der Waals surface area contributed by atoms with Crippen molar-refractivity contribution < 1.29 is 19.5 Å². The Morgan fingerprint density at radius 1 is 1.20 bits per heavy atom. The molecule has 0 saturated carbocycles. The van der Waals surface area contributed by atoms with Gasteiger partial charge in [0.15, 0.2) is 6.04 Å². The number of carboxylic acids is 1. The van der Waals surface area contributed by atoms with Gasteiger partial charge in [0, 0.05) is 13.0 Å². The molecule has 1 unspecified atom stereocenters. The van der Waals surface area contributed by atoms with Crippen LogP contribution in [0, 0.1) is 13.8 Å². The number of likely N-dealkylation sites (tertiary alicyclic amines) is 1. The quantitative estimate of drug-likeness (QED) is 0.857. The fraction of sp³-hybridized carbons (Fsp3) is 0.526. The average Bonchev–Trinajstić information content (AvgIpc) is 2.55. The molecule has 1 aromatic rings. The number of aliphatic carboxylic acids is 1. The molecule has 1 atom stereocenters. The van der Waals surface area contributed by atoms with Gasteiger partial charge >= 0.3 is 5.97 Å². The van der Waals surface area contributed by atoms with Crippen LogP contribution in [-0.2, 0) is 14.4 Å². The lowest BCUT2D eigenvalue weighted by Crippen LogP contribution is -2.44. The Bertz CT molecular complexity index is 657. The Labute approximate surface area is 148 Å². The molecule has 2 amide bonds. The third kappa shape index (κ3) is 5.05. The molecule has 2 rings (SSSR count). The zero-order chi connectivity index (χ0) is 18.4. The lowest BCUT2D eigenvalue weighted by atomic mass is 9.97. The van der Waals surface area contributed by atoms with Crippen molar-refractivity contribution in [2.75, 3.05) is 13.1 Å². The lowest BCUT2D eigenvalue weighted by Gasteiger charge is -2.25. The summed E-state index contributed by atoms with van der Waals surface area (Å²) in [6.07, 6.45) is 4.26. The van der Waals surface area contributed by atoms with Crippen molar-refractivity contribution in [2.45, 2.75) is 52.0 Å². The van der Waals surface area contributed by atoms with Crippen molar-refractivity contribution in [2.24, 2.45) is 0 Å². The minimum atomic E-state index is -1.11. The Morgan fingerprint density at radius 3 is 2.64 bits per heavy atom. The van der Waals surface area contributed by atoms with Crippen LogP contribution in [0.25, 0.3) is 0 Å². The van der Waals surface area contributed by atoms with Gasteiger partial charge < -0.3 is 15.3 Å². The van der Waals surface area contributed by atoms with Crippen molar-refractivity contribution in [3.8, 4) is 0 Å². The molecule has 1 saturated heterocycles. The Kier molecular flexibility index (Phi) is 6.56. The highest BCUT2D eigenvalue weighted by molar-refractivity contribution is 5.88. The first-order chi connectivity index (χ1) is 11.9. The van der Waals surface area contributed by atoms with Gasteiger partial charge in [-0.1, -0.05) is 31.0 Å². The molecular weight excluding hydrogens is 320 g/mol. The summed E-state index contributed by atoms with van der Waals surface area (Å²) in [6.45, 7) is 4.20. The van der Waals surface area contributed by atoms with Gasteiger partial charge in [-0.2, -0.15) is 0 Å². The topological polar surface area (TPSA) is 86.7 Å². The fourth-order valence-corrected chi connectivity index (χ4v) is 3.12. The lowest BCUT2D eigenvalue weighted by molar-refractivity contribution is -0.143. The first-order valence-corrected chi connectivity index (χ1v) is 8.76. The molecule has 1 aliphatic heterocycles. The molecule has 1 fully saturated rings. The molecule has 1 heterocycles. The normalized spacial score (nSPS) is 16.7. The standard InChI is InChI=1S/C19H26N2O4/c1-13-8-7-9-15(14(13)2)18(19(24)25)20-16(22)12-21-11-6-4-3-5-10-17(21)23/h7-9,18H,3-6,10-12H2,1-2H3,(H,20,22)(H,24,25). The summed E-state index contributed by atoms with van der Waals surface area (Å²) in [5.41, 5.74) is 2.38. The van der Waals surface area contributed by atoms with Crippen LogP contribution in [0.1, 0.15) is 54.8 Å². The SMILES string of the molecule is Cc1cccc(C(NC(=O)CN2CCCCCCC2=O)C(=O)O)c1C. The third-order valence-electron chi connectivity index (χ3n) is 4.77. The molecule has 25 heavy (non-hydrogen) atoms. The van der Waals surface area contributed by atoms with Gasteiger partial charge in [0.2, 0.25) is 11.8 Å². The van der Waals surface area contributed by atoms with Gasteiger partial charge in [-0.3, -0.25) is 9.59 Å². The van der Waals surface area contributed by atoms with E-state index in [9.17, 15) is 19.5 Å². The van der Waals surface area contributed by atoms with Gasteiger partial charge in [0.05, 0.1) is 6.54 Å². The number of hydrogen-bond acceptors (Lipinski definition) is 3. The number of carbonyl (C=O) groups excluding carboxylic acids is 2. The van der Waals surface area contributed by atoms with Gasteiger partial charge in [0.25, 0.3) is 0 Å². The summed E-state index contributed by atoms with van der Waals surface area (Å²) in [5, 5.41) is 12.1. The number of hydrogen-bond donors (Lipinski definition) is 2. The molecule has 2 N–H and O–H groups in total. The molecule has 0 spiro atoms. The number of benzene rings is 1. The minimum absolute atomic E-state index is 0.0338. The van der Waals surface area contributed by atoms with E-state index in [1.807, 2.05) is 19.9 Å². The van der Waals surface area contributed by atoms with Crippen molar-refractivity contribution in [1.82, 2.24) is 10.2 Å². The zero-order valence-electron chi connectivity index (χ0n) is 14.9.